The van der Waals surface area contributed by atoms with Crippen molar-refractivity contribution in [3.8, 4) is 6.19 Å². The number of aliphatic imine (C=N–C) groups is 2. The number of thiocarbonyl (C=S) groups is 3. The maximum Gasteiger partial charge on any atom is 0.271 e. The number of nitro groups is 2. The Labute approximate surface area is 982 Å². The second kappa shape index (κ2) is 85.9. The maximum absolute atomic E-state index is 12.8. The molecule has 6 radical (unpaired) electrons. The van der Waals surface area contributed by atoms with Crippen LogP contribution in [0.25, 0.3) is 0 Å². The van der Waals surface area contributed by atoms with Gasteiger partial charge in [-0.3, -0.25) is 44.7 Å². The second-order valence-electron chi connectivity index (χ2n) is 23.4. The molecule has 0 atom stereocenters. The molecule has 0 aliphatic heterocycles. The molecule has 0 amide bonds. The number of aryl methyl sites for hydroxylation is 6. The average Bonchev–Trinajstić information content (AvgIpc) is 1.14. The summed E-state index contributed by atoms with van der Waals surface area (Å²) < 4.78 is 16.3. The number of amidine groups is 1. The summed E-state index contributed by atoms with van der Waals surface area (Å²) in [5, 5.41) is 45.7. The quantitative estimate of drug-likeness (QED) is 0.00947. The number of nitriles is 1. The van der Waals surface area contributed by atoms with E-state index in [-0.39, 0.29) is 233 Å². The Morgan fingerprint density at radius 2 is 0.871 bits per heavy atom. The van der Waals surface area contributed by atoms with Crippen molar-refractivity contribution in [3.63, 3.8) is 0 Å². The number of non-ortho nitro benzene ring substituents is 2. The molecule has 132 heavy (non-hydrogen) atoms. The van der Waals surface area contributed by atoms with E-state index in [4.69, 9.17) is 122 Å². The van der Waals surface area contributed by atoms with Gasteiger partial charge in [-0.2, -0.15) is 287 Å². The van der Waals surface area contributed by atoms with Crippen LogP contribution in [0.15, 0.2) is 302 Å². The third-order valence-electron chi connectivity index (χ3n) is 13.2. The second-order valence-corrected chi connectivity index (χ2v) is 29.1. The van der Waals surface area contributed by atoms with Gasteiger partial charge in [0.05, 0.1) is 9.95 Å². The van der Waals surface area contributed by atoms with Crippen molar-refractivity contribution in [2.24, 2.45) is 9.98 Å². The molecule has 0 bridgehead atoms. The average molecular weight is 2450 g/mol. The summed E-state index contributed by atoms with van der Waals surface area (Å²) in [7, 11) is 0. The fourth-order valence-corrected chi connectivity index (χ4v) is 10.5. The van der Waals surface area contributed by atoms with Gasteiger partial charge in [0.2, 0.25) is 11.9 Å². The zero-order chi connectivity index (χ0) is 93.1. The molecule has 12 aromatic carbocycles. The van der Waals surface area contributed by atoms with Gasteiger partial charge in [0.25, 0.3) is 5.69 Å². The van der Waals surface area contributed by atoms with E-state index in [0.717, 1.165) is 45.8 Å². The number of halogens is 9. The Morgan fingerprint density at radius 1 is 0.523 bits per heavy atom. The predicted octanol–water partition coefficient (Wildman–Crippen LogP) is 26.4. The molecule has 3 heterocycles. The van der Waals surface area contributed by atoms with Gasteiger partial charge in [-0.05, 0) is 42.3 Å². The summed E-state index contributed by atoms with van der Waals surface area (Å²) in [5.41, 5.74) is 18.3. The Morgan fingerprint density at radius 3 is 1.16 bits per heavy atom. The zero-order valence-corrected chi connectivity index (χ0v) is 97.9. The van der Waals surface area contributed by atoms with Crippen molar-refractivity contribution >= 4 is 213 Å². The van der Waals surface area contributed by atoms with Crippen LogP contribution < -0.4 is 22.1 Å². The molecule has 39 heteroatoms. The van der Waals surface area contributed by atoms with Crippen molar-refractivity contribution in [2.45, 2.75) is 41.5 Å². The first-order chi connectivity index (χ1) is 60.4. The fraction of sp³-hybridized carbons (Fsp3) is 0.0753. The number of H-pyrrole nitrogens is 1. The topological polar surface area (TPSA) is 288 Å². The van der Waals surface area contributed by atoms with Gasteiger partial charge >= 0.3 is 0 Å². The van der Waals surface area contributed by atoms with Gasteiger partial charge in [0.1, 0.15) is 18.5 Å². The summed E-state index contributed by atoms with van der Waals surface area (Å²) >= 11 is 58.7. The van der Waals surface area contributed by atoms with E-state index < -0.39 is 15.7 Å². The Hall–Kier alpha value is -5.48. The predicted molar refractivity (Wildman–Crippen MR) is 528 cm³/mol. The van der Waals surface area contributed by atoms with Crippen LogP contribution in [0.1, 0.15) is 33.4 Å². The molecule has 15 rings (SSSR count). The van der Waals surface area contributed by atoms with Crippen LogP contribution in [0.3, 0.4) is 0 Å². The van der Waals surface area contributed by atoms with Crippen molar-refractivity contribution in [3.05, 3.63) is 449 Å². The van der Waals surface area contributed by atoms with Gasteiger partial charge in [0, 0.05) is 250 Å². The molecule has 0 spiro atoms. The largest absolute Gasteiger partial charge is 0.419 e. The minimum Gasteiger partial charge on any atom is -0.419 e. The van der Waals surface area contributed by atoms with E-state index >= 15 is 0 Å². The van der Waals surface area contributed by atoms with E-state index in [9.17, 15) is 24.6 Å². The van der Waals surface area contributed by atoms with Gasteiger partial charge in [-0.15, -0.1) is 112 Å². The van der Waals surface area contributed by atoms with Crippen LogP contribution in [0, 0.1) is 146 Å². The SMILES string of the molecule is CSC(=Nc1cc(C)[c-]c(Cl)c1)NC#N.Cc1[c-]c(Cl)cc(N)c1.Cc1[c-]c(Cl)cc(N=CC=S)c1.Cc1[c-]c(Cl)cc(Nc2n[nH]c(N)n2)c1.Cc1[c-]c(Cl)cc([N+](=O)[O-])c1.Cc1cc([N+](=O)[O-])cc(Cl)c1F.S=C(Cl)Cl.S=C(n1ccnc1)n1ccnc1.[Y].[Y].[Y].[Y].[Y].[Y].[c-]1ccccc1.[c-]1ccccc1.[c-]1ccccc1.[c-]1ccccc1.[c-]1ccccc1.[c-]1ccccc1. The van der Waals surface area contributed by atoms with Gasteiger partial charge in [-0.1, -0.05) is 154 Å². The number of imidazole rings is 2. The van der Waals surface area contributed by atoms with Crippen molar-refractivity contribution in [2.75, 3.05) is 23.0 Å². The number of nitrogens with one attached hydrogen (secondary N) is 3. The van der Waals surface area contributed by atoms with E-state index in [1.807, 2.05) is 246 Å². The molecule has 0 aliphatic rings. The Balaban J connectivity index is -0.000000443. The van der Waals surface area contributed by atoms with Crippen LogP contribution in [0.5, 0.6) is 0 Å². The standard InChI is InChI=1S/C10H9ClN3S.C9H9ClN5.C9H7ClNS.C7H5ClFNO2.C7H5ClNO2.C7H7ClN.C7H6N4S.6C6H5.CCl2S.6Y/c1-7-3-8(11)5-9(4-7)14-10(15-2)13-6-12;1-5-2-6(10)4-7(3-5)12-9-13-8(11)14-15-9;1-7-4-8(10)6-9(5-7)11-2-3-12;1-4-2-5(10(11)12)3-6(8)7(4)9;1-5-2-6(8)4-7(3-5)9(10)11;1-5-2-6(8)4-7(9)3-5;12-7(10-3-1-8-5-10)11-4-2-9-6-11;6*1-2-4-6-5-3-1;2-1(3)4;;;;;;/h4-5H,1-2H3,(H,13,14);3-4H,1H3,(H4,11,12,13,14,15);2-3,5-6H,1H3;2-3H,1H3;3-4H,1H3;3-4H,9H2,1H3;1-6H;6*1-5H;;;;;;;/q3*-1;;2*-1;;6*-1;;;;;;;. The minimum atomic E-state index is -0.613. The molecule has 15 aromatic rings. The van der Waals surface area contributed by atoms with Crippen LogP contribution >= 0.6 is 141 Å². The molecule has 670 valence electrons. The van der Waals surface area contributed by atoms with Crippen molar-refractivity contribution in [1.82, 2.24) is 39.6 Å². The van der Waals surface area contributed by atoms with Crippen LogP contribution in [-0.4, -0.2) is 76.0 Å². The summed E-state index contributed by atoms with van der Waals surface area (Å²) in [6.07, 6.45) is 15.5. The van der Waals surface area contributed by atoms with Crippen molar-refractivity contribution < 1.29 is 210 Å². The number of hydrogen-bond donors (Lipinski definition) is 5. The van der Waals surface area contributed by atoms with Crippen molar-refractivity contribution in [1.29, 1.82) is 5.26 Å². The first kappa shape index (κ1) is 135. The number of nitrogen functional groups attached to an aromatic ring is 2. The third-order valence-corrected chi connectivity index (χ3v) is 15.6. The fourth-order valence-electron chi connectivity index (χ4n) is 8.26. The first-order valence-corrected chi connectivity index (χ1v) is 41.5. The number of aromatic nitrogens is 7. The molecule has 3 aromatic heterocycles. The number of rotatable bonds is 7. The molecular formula is C93H78Cl8FN16O4S4Y6-11. The van der Waals surface area contributed by atoms with Crippen LogP contribution in [0.2, 0.25) is 30.1 Å². The minimum absolute atomic E-state index is 0. The van der Waals surface area contributed by atoms with Gasteiger partial charge in [-0.25, -0.2) is 19.5 Å². The van der Waals surface area contributed by atoms with Crippen LogP contribution in [-0.2, 0) is 196 Å². The number of benzene rings is 12. The molecular weight excluding hydrogens is 2370 g/mol. The molecule has 0 saturated carbocycles. The number of nitrogens with two attached hydrogens (primary N) is 2. The smallest absolute Gasteiger partial charge is 0.271 e. The Kier molecular flexibility index (Phi) is 87.9. The third kappa shape index (κ3) is 71.9. The molecule has 0 saturated heterocycles. The number of anilines is 4. The maximum atomic E-state index is 12.8. The zero-order valence-electron chi connectivity index (χ0n) is 71.6. The Bertz CT molecular complexity index is 5080. The number of hydrogen-bond acceptors (Lipinski definition) is 18. The monoisotopic (exact) mass is 2440 g/mol. The van der Waals surface area contributed by atoms with E-state index in [1.165, 1.54) is 36.2 Å². The summed E-state index contributed by atoms with van der Waals surface area (Å²) in [4.78, 5) is 39.4. The molecule has 7 N–H and O–H groups in total. The summed E-state index contributed by atoms with van der Waals surface area (Å²) in [6, 6.07) is 109. The van der Waals surface area contributed by atoms with Gasteiger partial charge < -0.3 is 16.8 Å². The van der Waals surface area contributed by atoms with Crippen LogP contribution in [0.4, 0.5) is 50.4 Å². The normalized spacial score (nSPS) is 9.01. The number of nitro benzene ring substituents is 2. The van der Waals surface area contributed by atoms with E-state index in [2.05, 4.69) is 137 Å². The molecule has 0 unspecified atom stereocenters. The summed E-state index contributed by atoms with van der Waals surface area (Å²) in [5.74, 6) is 0.0687. The molecule has 0 aliphatic carbocycles. The number of nitrogens with zero attached hydrogens (tertiary/aromatic N) is 11. The number of aromatic amines is 1. The number of thioether (sulfide) groups is 1. The van der Waals surface area contributed by atoms with E-state index in [1.54, 1.807) is 84.0 Å². The summed E-state index contributed by atoms with van der Waals surface area (Å²) in [6.45, 7) is 10.8. The van der Waals surface area contributed by atoms with E-state index in [0.29, 0.717) is 53.3 Å². The first-order valence-electron chi connectivity index (χ1n) is 35.9. The van der Waals surface area contributed by atoms with Gasteiger partial charge in [0.15, 0.2) is 25.9 Å². The molecule has 0 fully saturated rings. The molecule has 20 nitrogen and oxygen atoms in total.